The number of amides is 1. The van der Waals surface area contributed by atoms with Crippen LogP contribution in [0.25, 0.3) is 0 Å². The molecule has 1 heterocycles. The second-order valence-corrected chi connectivity index (χ2v) is 7.66. The Morgan fingerprint density at radius 3 is 2.70 bits per heavy atom. The number of hydrogen-bond acceptors (Lipinski definition) is 3. The molecule has 1 aliphatic rings. The number of rotatable bonds is 5. The van der Waals surface area contributed by atoms with Crippen molar-refractivity contribution in [3.63, 3.8) is 0 Å². The summed E-state index contributed by atoms with van der Waals surface area (Å²) >= 11 is 1.57. The molecule has 0 spiro atoms. The summed E-state index contributed by atoms with van der Waals surface area (Å²) in [6.07, 6.45) is -2.77. The summed E-state index contributed by atoms with van der Waals surface area (Å²) in [5, 5.41) is 8.15. The van der Waals surface area contributed by atoms with Crippen molar-refractivity contribution in [1.29, 1.82) is 0 Å². The molecule has 2 N–H and O–H groups in total. The molecule has 1 aliphatic carbocycles. The Labute approximate surface area is 178 Å². The van der Waals surface area contributed by atoms with Crippen LogP contribution in [0.15, 0.2) is 22.5 Å². The molecule has 10 heteroatoms. The number of carbonyl (C=O) groups excluding carboxylic acids is 1. The summed E-state index contributed by atoms with van der Waals surface area (Å²) in [6.45, 7) is 0.456. The highest BCUT2D eigenvalue weighted by Gasteiger charge is 2.42. The highest BCUT2D eigenvalue weighted by atomic mass is 127. The summed E-state index contributed by atoms with van der Waals surface area (Å²) in [7, 11) is 3.28. The zero-order valence-corrected chi connectivity index (χ0v) is 18.5. The van der Waals surface area contributed by atoms with Crippen molar-refractivity contribution in [2.75, 3.05) is 20.6 Å². The van der Waals surface area contributed by atoms with Crippen LogP contribution in [0, 0.1) is 5.92 Å². The fourth-order valence-corrected chi connectivity index (χ4v) is 3.48. The number of nitrogens with zero attached hydrogens (tertiary/aromatic N) is 2. The zero-order chi connectivity index (χ0) is 19.2. The molecule has 0 saturated heterocycles. The lowest BCUT2D eigenvalue weighted by Crippen LogP contribution is -2.47. The van der Waals surface area contributed by atoms with Gasteiger partial charge in [-0.2, -0.15) is 13.2 Å². The van der Waals surface area contributed by atoms with E-state index < -0.39 is 12.1 Å². The van der Waals surface area contributed by atoms with E-state index in [9.17, 15) is 18.0 Å². The summed E-state index contributed by atoms with van der Waals surface area (Å²) in [5.41, 5.74) is 0. The van der Waals surface area contributed by atoms with E-state index in [1.165, 1.54) is 4.90 Å². The van der Waals surface area contributed by atoms with E-state index in [1.807, 2.05) is 17.5 Å². The highest BCUT2D eigenvalue weighted by Crippen LogP contribution is 2.37. The average molecular weight is 518 g/mol. The van der Waals surface area contributed by atoms with E-state index in [2.05, 4.69) is 15.6 Å². The third-order valence-electron chi connectivity index (χ3n) is 4.36. The van der Waals surface area contributed by atoms with Crippen LogP contribution >= 0.6 is 35.3 Å². The van der Waals surface area contributed by atoms with Crippen LogP contribution < -0.4 is 10.6 Å². The Kier molecular flexibility index (Phi) is 9.85. The van der Waals surface area contributed by atoms with Gasteiger partial charge in [-0.3, -0.25) is 4.79 Å². The van der Waals surface area contributed by atoms with Crippen LogP contribution in [0.2, 0.25) is 0 Å². The van der Waals surface area contributed by atoms with E-state index >= 15 is 0 Å². The number of carbonyl (C=O) groups is 1. The first-order chi connectivity index (χ1) is 12.3. The van der Waals surface area contributed by atoms with Gasteiger partial charge in [-0.15, -0.1) is 35.3 Å². The number of likely N-dealkylation sites (N-methyl/N-ethyl adjacent to an activating group) is 1. The van der Waals surface area contributed by atoms with Gasteiger partial charge in [-0.25, -0.2) is 4.99 Å². The minimum absolute atomic E-state index is 0. The minimum atomic E-state index is -4.16. The number of halogens is 4. The predicted molar refractivity (Wildman–Crippen MR) is 113 cm³/mol. The van der Waals surface area contributed by atoms with Crippen molar-refractivity contribution in [2.24, 2.45) is 10.9 Å². The van der Waals surface area contributed by atoms with Crippen LogP contribution in [0.4, 0.5) is 13.2 Å². The lowest BCUT2D eigenvalue weighted by Gasteiger charge is -2.32. The SMILES string of the molecule is CN(C)C(=O)CN=C(NCc1cccs1)NC1CCCC(C(F)(F)F)C1.I. The van der Waals surface area contributed by atoms with Crippen molar-refractivity contribution >= 4 is 47.2 Å². The average Bonchev–Trinajstić information content (AvgIpc) is 3.10. The first-order valence-electron chi connectivity index (χ1n) is 8.60. The zero-order valence-electron chi connectivity index (χ0n) is 15.4. The monoisotopic (exact) mass is 518 g/mol. The molecule has 0 radical (unpaired) electrons. The van der Waals surface area contributed by atoms with Crippen LogP contribution in [-0.4, -0.2) is 49.6 Å². The minimum Gasteiger partial charge on any atom is -0.354 e. The first kappa shape index (κ1) is 24.0. The molecule has 2 rings (SSSR count). The van der Waals surface area contributed by atoms with E-state index in [4.69, 9.17) is 0 Å². The van der Waals surface area contributed by atoms with E-state index in [0.717, 1.165) is 4.88 Å². The molecule has 154 valence electrons. The summed E-state index contributed by atoms with van der Waals surface area (Å²) < 4.78 is 39.0. The number of nitrogens with one attached hydrogen (secondary N) is 2. The second kappa shape index (κ2) is 11.1. The molecule has 5 nitrogen and oxygen atoms in total. The quantitative estimate of drug-likeness (QED) is 0.356. The van der Waals surface area contributed by atoms with Crippen LogP contribution in [0.5, 0.6) is 0 Å². The maximum Gasteiger partial charge on any atom is 0.391 e. The fraction of sp³-hybridized carbons (Fsp3) is 0.647. The molecular formula is C17H26F3IN4OS. The smallest absolute Gasteiger partial charge is 0.354 e. The van der Waals surface area contributed by atoms with Gasteiger partial charge < -0.3 is 15.5 Å². The van der Waals surface area contributed by atoms with E-state index in [-0.39, 0.29) is 55.3 Å². The van der Waals surface area contributed by atoms with Crippen molar-refractivity contribution in [3.8, 4) is 0 Å². The van der Waals surface area contributed by atoms with Gasteiger partial charge in [0.2, 0.25) is 5.91 Å². The number of alkyl halides is 3. The molecule has 1 aromatic heterocycles. The van der Waals surface area contributed by atoms with Gasteiger partial charge in [0.25, 0.3) is 0 Å². The maximum atomic E-state index is 13.0. The Bertz CT molecular complexity index is 608. The van der Waals surface area contributed by atoms with Crippen LogP contribution in [0.1, 0.15) is 30.6 Å². The second-order valence-electron chi connectivity index (χ2n) is 6.63. The Balaban J connectivity index is 0.00000364. The summed E-state index contributed by atoms with van der Waals surface area (Å²) in [6, 6.07) is 3.58. The molecule has 1 aromatic rings. The van der Waals surface area contributed by atoms with Gasteiger partial charge in [0.15, 0.2) is 5.96 Å². The standard InChI is InChI=1S/C17H25F3N4OS.HI/c1-24(2)15(25)11-22-16(21-10-14-7-4-8-26-14)23-13-6-3-5-12(9-13)17(18,19)20;/h4,7-8,12-13H,3,5-6,9-11H2,1-2H3,(H2,21,22,23);1H. The Hall–Kier alpha value is -1.04. The van der Waals surface area contributed by atoms with Gasteiger partial charge >= 0.3 is 6.18 Å². The predicted octanol–water partition coefficient (Wildman–Crippen LogP) is 3.61. The Morgan fingerprint density at radius 1 is 1.37 bits per heavy atom. The third-order valence-corrected chi connectivity index (χ3v) is 5.24. The summed E-state index contributed by atoms with van der Waals surface area (Å²) in [4.78, 5) is 18.5. The van der Waals surface area contributed by atoms with Crippen molar-refractivity contribution in [1.82, 2.24) is 15.5 Å². The molecule has 0 bridgehead atoms. The van der Waals surface area contributed by atoms with Crippen molar-refractivity contribution < 1.29 is 18.0 Å². The molecule has 27 heavy (non-hydrogen) atoms. The number of guanidine groups is 1. The van der Waals surface area contributed by atoms with Crippen LogP contribution in [0.3, 0.4) is 0 Å². The molecule has 2 unspecified atom stereocenters. The largest absolute Gasteiger partial charge is 0.391 e. The number of aliphatic imine (C=N–C) groups is 1. The van der Waals surface area contributed by atoms with Crippen LogP contribution in [-0.2, 0) is 11.3 Å². The highest BCUT2D eigenvalue weighted by molar-refractivity contribution is 14.0. The maximum absolute atomic E-state index is 13.0. The lowest BCUT2D eigenvalue weighted by molar-refractivity contribution is -0.183. The Morgan fingerprint density at radius 2 is 2.11 bits per heavy atom. The van der Waals surface area contributed by atoms with E-state index in [1.54, 1.807) is 25.4 Å². The first-order valence-corrected chi connectivity index (χ1v) is 9.47. The number of thiophene rings is 1. The number of hydrogen-bond donors (Lipinski definition) is 2. The van der Waals surface area contributed by atoms with Crippen molar-refractivity contribution in [3.05, 3.63) is 22.4 Å². The van der Waals surface area contributed by atoms with Crippen molar-refractivity contribution in [2.45, 2.75) is 44.4 Å². The molecule has 1 fully saturated rings. The molecule has 0 aromatic carbocycles. The molecule has 0 aliphatic heterocycles. The molecule has 1 saturated carbocycles. The third kappa shape index (κ3) is 8.24. The topological polar surface area (TPSA) is 56.7 Å². The fourth-order valence-electron chi connectivity index (χ4n) is 2.84. The molecular weight excluding hydrogens is 492 g/mol. The molecule has 2 atom stereocenters. The van der Waals surface area contributed by atoms with Gasteiger partial charge in [0.05, 0.1) is 12.5 Å². The van der Waals surface area contributed by atoms with Gasteiger partial charge in [0, 0.05) is 25.0 Å². The summed E-state index contributed by atoms with van der Waals surface area (Å²) in [5.74, 6) is -1.07. The lowest BCUT2D eigenvalue weighted by atomic mass is 9.85. The normalized spacial score (nSPS) is 20.6. The van der Waals surface area contributed by atoms with Gasteiger partial charge in [-0.1, -0.05) is 12.5 Å². The molecule has 1 amide bonds. The van der Waals surface area contributed by atoms with Gasteiger partial charge in [-0.05, 0) is 30.7 Å². The van der Waals surface area contributed by atoms with Gasteiger partial charge in [0.1, 0.15) is 6.54 Å². The van der Waals surface area contributed by atoms with E-state index in [0.29, 0.717) is 25.3 Å².